The quantitative estimate of drug-likeness (QED) is 0.131. The number of rotatable bonds is 3. The Morgan fingerprint density at radius 2 is 1.32 bits per heavy atom. The molecule has 0 bridgehead atoms. The van der Waals surface area contributed by atoms with Gasteiger partial charge in [-0.15, -0.1) is 29.7 Å². The number of nitrogens with zero attached hydrogens (tertiary/aromatic N) is 4. The Bertz CT molecular complexity index is 3040. The normalized spacial score (nSPS) is 16.0. The van der Waals surface area contributed by atoms with E-state index in [9.17, 15) is 0 Å². The first-order valence-corrected chi connectivity index (χ1v) is 18.1. The van der Waals surface area contributed by atoms with Crippen LogP contribution in [0.3, 0.4) is 0 Å². The summed E-state index contributed by atoms with van der Waals surface area (Å²) in [6, 6.07) is 41.7. The van der Waals surface area contributed by atoms with Crippen molar-refractivity contribution in [2.24, 2.45) is 0 Å². The van der Waals surface area contributed by atoms with Gasteiger partial charge in [0.25, 0.3) is 0 Å². The molecule has 5 aromatic carbocycles. The summed E-state index contributed by atoms with van der Waals surface area (Å²) in [6.45, 7) is 13.9. The first-order chi connectivity index (χ1) is 25.1. The zero-order chi connectivity index (χ0) is 35.3. The monoisotopic (exact) mass is 867 g/mol. The van der Waals surface area contributed by atoms with Gasteiger partial charge in [0.15, 0.2) is 0 Å². The standard InChI is InChI=1S/C47H36N4O.Pt/c1-45(2)36-15-9-7-12-30(36)34-24-42(48-25-38(34)45)50-39-17-10-8-13-31(39)32-21-19-28(23-40(32)50)52-27-18-20-29-33-14-11-16-37-43(33)51-41(47(5,6)46(37,3)4)26-49-44(51)35(29)22-27;/h7-21,24-26H,1-6H3;/q-2;+2. The maximum atomic E-state index is 6.63. The van der Waals surface area contributed by atoms with Crippen LogP contribution in [-0.4, -0.2) is 18.9 Å². The summed E-state index contributed by atoms with van der Waals surface area (Å²) in [5.74, 6) is 2.10. The van der Waals surface area contributed by atoms with Crippen molar-refractivity contribution >= 4 is 49.1 Å². The molecule has 0 N–H and O–H groups in total. The van der Waals surface area contributed by atoms with Gasteiger partial charge in [0.05, 0.1) is 5.65 Å². The molecule has 5 nitrogen and oxygen atoms in total. The predicted octanol–water partition coefficient (Wildman–Crippen LogP) is 11.4. The third kappa shape index (κ3) is 4.07. The van der Waals surface area contributed by atoms with Crippen molar-refractivity contribution in [1.82, 2.24) is 18.9 Å². The van der Waals surface area contributed by atoms with Crippen LogP contribution >= 0.6 is 0 Å². The number of fused-ring (bicyclic) bond motifs is 9. The van der Waals surface area contributed by atoms with E-state index in [2.05, 4.69) is 160 Å². The molecule has 0 spiro atoms. The Kier molecular flexibility index (Phi) is 6.52. The molecule has 0 saturated carbocycles. The van der Waals surface area contributed by atoms with Gasteiger partial charge >= 0.3 is 21.1 Å². The van der Waals surface area contributed by atoms with Crippen LogP contribution in [-0.2, 0) is 37.3 Å². The summed E-state index contributed by atoms with van der Waals surface area (Å²) >= 11 is 0. The minimum atomic E-state index is -0.119. The summed E-state index contributed by atoms with van der Waals surface area (Å²) < 4.78 is 11.2. The molecule has 9 aromatic rings. The molecule has 0 amide bonds. The van der Waals surface area contributed by atoms with Crippen molar-refractivity contribution < 1.29 is 25.8 Å². The van der Waals surface area contributed by atoms with E-state index in [-0.39, 0.29) is 37.3 Å². The van der Waals surface area contributed by atoms with Crippen LogP contribution in [0.2, 0.25) is 0 Å². The third-order valence-corrected chi connectivity index (χ3v) is 12.8. The zero-order valence-corrected chi connectivity index (χ0v) is 32.7. The molecule has 0 unspecified atom stereocenters. The maximum Gasteiger partial charge on any atom is 2.00 e. The molecule has 1 aliphatic heterocycles. The molecular weight excluding hydrogens is 832 g/mol. The van der Waals surface area contributed by atoms with Gasteiger partial charge < -0.3 is 13.7 Å². The fourth-order valence-electron chi connectivity index (χ4n) is 9.28. The third-order valence-electron chi connectivity index (χ3n) is 12.8. The number of pyridine rings is 2. The van der Waals surface area contributed by atoms with Crippen molar-refractivity contribution in [1.29, 1.82) is 0 Å². The van der Waals surface area contributed by atoms with Crippen LogP contribution in [0.5, 0.6) is 11.5 Å². The van der Waals surface area contributed by atoms with Gasteiger partial charge in [-0.1, -0.05) is 125 Å². The molecule has 2 aliphatic rings. The van der Waals surface area contributed by atoms with Gasteiger partial charge in [-0.05, 0) is 50.7 Å². The van der Waals surface area contributed by atoms with Crippen molar-refractivity contribution in [2.75, 3.05) is 0 Å². The van der Waals surface area contributed by atoms with Gasteiger partial charge in [0, 0.05) is 56.9 Å². The largest absolute Gasteiger partial charge is 2.00 e. The van der Waals surface area contributed by atoms with Gasteiger partial charge in [0.2, 0.25) is 0 Å². The summed E-state index contributed by atoms with van der Waals surface area (Å²) in [5, 5.41) is 5.52. The van der Waals surface area contributed by atoms with E-state index in [0.717, 1.165) is 44.0 Å². The van der Waals surface area contributed by atoms with E-state index >= 15 is 0 Å². The van der Waals surface area contributed by atoms with Gasteiger partial charge in [-0.25, -0.2) is 4.98 Å². The average molecular weight is 868 g/mol. The second kappa shape index (κ2) is 10.7. The molecule has 53 heavy (non-hydrogen) atoms. The summed E-state index contributed by atoms with van der Waals surface area (Å²) in [4.78, 5) is 10.1. The van der Waals surface area contributed by atoms with Gasteiger partial charge in [-0.2, -0.15) is 6.07 Å². The van der Waals surface area contributed by atoms with Gasteiger partial charge in [0.1, 0.15) is 5.82 Å². The first kappa shape index (κ1) is 32.4. The number of para-hydroxylation sites is 2. The molecule has 260 valence electrons. The molecule has 4 aromatic heterocycles. The van der Waals surface area contributed by atoms with E-state index < -0.39 is 0 Å². The Morgan fingerprint density at radius 1 is 0.604 bits per heavy atom. The van der Waals surface area contributed by atoms with Crippen molar-refractivity contribution in [3.8, 4) is 28.4 Å². The molecule has 1 aliphatic carbocycles. The summed E-state index contributed by atoms with van der Waals surface area (Å²) in [7, 11) is 0. The van der Waals surface area contributed by atoms with Crippen LogP contribution in [0.15, 0.2) is 109 Å². The first-order valence-electron chi connectivity index (χ1n) is 18.1. The smallest absolute Gasteiger partial charge is 0.503 e. The zero-order valence-electron chi connectivity index (χ0n) is 30.4. The fraction of sp³-hybridized carbons (Fsp3) is 0.191. The Balaban J connectivity index is 0.00000349. The van der Waals surface area contributed by atoms with Crippen LogP contribution < -0.4 is 4.74 Å². The summed E-state index contributed by atoms with van der Waals surface area (Å²) in [5.41, 5.74) is 11.5. The topological polar surface area (TPSA) is 44.4 Å². The van der Waals surface area contributed by atoms with E-state index in [1.165, 1.54) is 44.4 Å². The second-order valence-corrected chi connectivity index (χ2v) is 16.2. The van der Waals surface area contributed by atoms with E-state index in [4.69, 9.17) is 14.7 Å². The van der Waals surface area contributed by atoms with Gasteiger partial charge in [-0.3, -0.25) is 4.98 Å². The minimum absolute atomic E-state index is 0. The number of ether oxygens (including phenoxy) is 1. The van der Waals surface area contributed by atoms with E-state index in [1.54, 1.807) is 0 Å². The number of benzene rings is 5. The molecule has 0 saturated heterocycles. The molecule has 5 heterocycles. The van der Waals surface area contributed by atoms with Crippen molar-refractivity contribution in [3.63, 3.8) is 0 Å². The van der Waals surface area contributed by atoms with Crippen LogP contribution in [0.25, 0.3) is 66.1 Å². The molecule has 0 radical (unpaired) electrons. The molecule has 0 fully saturated rings. The number of hydrogen-bond donors (Lipinski definition) is 0. The number of aromatic nitrogens is 4. The Labute approximate surface area is 322 Å². The maximum absolute atomic E-state index is 6.63. The Hall–Kier alpha value is -5.25. The number of hydrogen-bond acceptors (Lipinski definition) is 3. The number of imidazole rings is 1. The molecule has 0 atom stereocenters. The molecule has 11 rings (SSSR count). The Morgan fingerprint density at radius 3 is 2.17 bits per heavy atom. The van der Waals surface area contributed by atoms with Crippen LogP contribution in [0.4, 0.5) is 0 Å². The van der Waals surface area contributed by atoms with E-state index in [0.29, 0.717) is 11.5 Å². The van der Waals surface area contributed by atoms with E-state index in [1.807, 2.05) is 12.1 Å². The second-order valence-electron chi connectivity index (χ2n) is 16.2. The van der Waals surface area contributed by atoms with Crippen molar-refractivity contribution in [3.05, 3.63) is 144 Å². The fourth-order valence-corrected chi connectivity index (χ4v) is 9.28. The van der Waals surface area contributed by atoms with Crippen LogP contribution in [0, 0.1) is 12.1 Å². The summed E-state index contributed by atoms with van der Waals surface area (Å²) in [6.07, 6.45) is 4.12. The van der Waals surface area contributed by atoms with Crippen LogP contribution in [0.1, 0.15) is 63.9 Å². The molecule has 6 heteroatoms. The van der Waals surface area contributed by atoms with Crippen molar-refractivity contribution in [2.45, 2.75) is 57.8 Å². The predicted molar refractivity (Wildman–Crippen MR) is 210 cm³/mol. The SMILES string of the molecule is CC1(C)c2ccccc2-c2cc(-n3c4[c-]c(Oc5[c-]c6c(cc5)c5cccc7c5n5c(cnc65)C(C)(C)C7(C)C)ccc4c4ccccc43)ncc21.[Pt+2]. The molecular formula is C47H36N4OPt. The average Bonchev–Trinajstić information content (AvgIpc) is 3.81. The minimum Gasteiger partial charge on any atom is -0.503 e.